The van der Waals surface area contributed by atoms with Gasteiger partial charge in [-0.2, -0.15) is 0 Å². The summed E-state index contributed by atoms with van der Waals surface area (Å²) >= 11 is 5.68. The summed E-state index contributed by atoms with van der Waals surface area (Å²) in [5.41, 5.74) is 0.348. The molecule has 0 spiro atoms. The highest BCUT2D eigenvalue weighted by Crippen LogP contribution is 2.19. The summed E-state index contributed by atoms with van der Waals surface area (Å²) in [7, 11) is 0. The van der Waals surface area contributed by atoms with Crippen molar-refractivity contribution < 1.29 is 19.1 Å². The molecule has 0 aliphatic carbocycles. The van der Waals surface area contributed by atoms with E-state index in [9.17, 15) is 14.0 Å². The molecular formula is C14H9ClFNO3. The highest BCUT2D eigenvalue weighted by atomic mass is 35.5. The second kappa shape index (κ2) is 5.71. The molecule has 1 amide bonds. The van der Waals surface area contributed by atoms with Crippen LogP contribution in [0.25, 0.3) is 0 Å². The van der Waals surface area contributed by atoms with Crippen LogP contribution in [0.1, 0.15) is 20.7 Å². The monoisotopic (exact) mass is 293 g/mol. The number of amides is 1. The highest BCUT2D eigenvalue weighted by molar-refractivity contribution is 6.31. The molecule has 4 nitrogen and oxygen atoms in total. The number of halogens is 2. The van der Waals surface area contributed by atoms with Gasteiger partial charge in [0.15, 0.2) is 0 Å². The maximum absolute atomic E-state index is 13.1. The molecule has 0 aromatic heterocycles. The predicted octanol–water partition coefficient (Wildman–Crippen LogP) is 3.43. The number of anilines is 1. The highest BCUT2D eigenvalue weighted by Gasteiger charge is 2.10. The van der Waals surface area contributed by atoms with Gasteiger partial charge in [0.25, 0.3) is 5.91 Å². The van der Waals surface area contributed by atoms with Crippen LogP contribution in [-0.4, -0.2) is 17.0 Å². The number of carbonyl (C=O) groups is 2. The number of rotatable bonds is 3. The number of hydrogen-bond acceptors (Lipinski definition) is 2. The van der Waals surface area contributed by atoms with E-state index in [1.165, 1.54) is 30.3 Å². The fraction of sp³-hybridized carbons (Fsp3) is 0. The molecule has 102 valence electrons. The van der Waals surface area contributed by atoms with Crippen LogP contribution in [-0.2, 0) is 0 Å². The molecule has 0 unspecified atom stereocenters. The molecule has 0 aliphatic heterocycles. The van der Waals surface area contributed by atoms with Crippen molar-refractivity contribution in [1.29, 1.82) is 0 Å². The molecule has 0 saturated carbocycles. The minimum Gasteiger partial charge on any atom is -0.478 e. The zero-order chi connectivity index (χ0) is 14.7. The van der Waals surface area contributed by atoms with Gasteiger partial charge < -0.3 is 10.4 Å². The van der Waals surface area contributed by atoms with Gasteiger partial charge in [-0.1, -0.05) is 17.7 Å². The van der Waals surface area contributed by atoms with Crippen LogP contribution in [0, 0.1) is 5.82 Å². The molecular weight excluding hydrogens is 285 g/mol. The molecule has 2 aromatic carbocycles. The molecule has 20 heavy (non-hydrogen) atoms. The van der Waals surface area contributed by atoms with E-state index in [1.807, 2.05) is 0 Å². The zero-order valence-corrected chi connectivity index (χ0v) is 10.8. The smallest absolute Gasteiger partial charge is 0.335 e. The number of nitrogens with one attached hydrogen (secondary N) is 1. The van der Waals surface area contributed by atoms with Crippen molar-refractivity contribution in [3.05, 3.63) is 64.4 Å². The Hall–Kier alpha value is -2.40. The third-order valence-corrected chi connectivity index (χ3v) is 2.71. The van der Waals surface area contributed by atoms with Crippen LogP contribution in [0.5, 0.6) is 0 Å². The Morgan fingerprint density at radius 3 is 2.45 bits per heavy atom. The second-order valence-corrected chi connectivity index (χ2v) is 4.43. The van der Waals surface area contributed by atoms with Gasteiger partial charge in [-0.05, 0) is 36.4 Å². The molecule has 0 atom stereocenters. The van der Waals surface area contributed by atoms with E-state index in [-0.39, 0.29) is 21.8 Å². The molecule has 0 radical (unpaired) electrons. The number of hydrogen-bond donors (Lipinski definition) is 2. The summed E-state index contributed by atoms with van der Waals surface area (Å²) in [5.74, 6) is -2.25. The summed E-state index contributed by atoms with van der Waals surface area (Å²) in [4.78, 5) is 22.8. The van der Waals surface area contributed by atoms with E-state index in [4.69, 9.17) is 16.7 Å². The van der Waals surface area contributed by atoms with Gasteiger partial charge in [-0.15, -0.1) is 0 Å². The van der Waals surface area contributed by atoms with E-state index in [0.29, 0.717) is 0 Å². The van der Waals surface area contributed by atoms with Gasteiger partial charge in [-0.25, -0.2) is 9.18 Å². The van der Waals surface area contributed by atoms with E-state index in [2.05, 4.69) is 5.32 Å². The van der Waals surface area contributed by atoms with Crippen molar-refractivity contribution in [2.75, 3.05) is 5.32 Å². The van der Waals surface area contributed by atoms with Crippen LogP contribution >= 0.6 is 11.6 Å². The summed E-state index contributed by atoms with van der Waals surface area (Å²) in [6, 6.07) is 9.15. The molecule has 0 bridgehead atoms. The maximum Gasteiger partial charge on any atom is 0.335 e. The van der Waals surface area contributed by atoms with E-state index in [0.717, 1.165) is 12.1 Å². The lowest BCUT2D eigenvalue weighted by molar-refractivity contribution is 0.0697. The zero-order valence-electron chi connectivity index (χ0n) is 10.1. The van der Waals surface area contributed by atoms with E-state index in [1.54, 1.807) is 0 Å². The van der Waals surface area contributed by atoms with Crippen LogP contribution in [0.15, 0.2) is 42.5 Å². The molecule has 2 aromatic rings. The molecule has 2 rings (SSSR count). The molecule has 0 fully saturated rings. The Morgan fingerprint density at radius 2 is 1.80 bits per heavy atom. The number of carboxylic acid groups (broad SMARTS) is 1. The summed E-state index contributed by atoms with van der Waals surface area (Å²) < 4.78 is 13.1. The number of aromatic carboxylic acids is 1. The van der Waals surface area contributed by atoms with Crippen LogP contribution in [0.2, 0.25) is 5.02 Å². The average molecular weight is 294 g/mol. The second-order valence-electron chi connectivity index (χ2n) is 4.00. The minimum absolute atomic E-state index is 0.00470. The van der Waals surface area contributed by atoms with Gasteiger partial charge in [-0.3, -0.25) is 4.79 Å². The first kappa shape index (κ1) is 14.0. The summed E-state index contributed by atoms with van der Waals surface area (Å²) in [5, 5.41) is 11.5. The Bertz CT molecular complexity index is 668. The third kappa shape index (κ3) is 3.33. The molecule has 0 heterocycles. The summed E-state index contributed by atoms with van der Waals surface area (Å²) in [6.45, 7) is 0. The first-order valence-electron chi connectivity index (χ1n) is 5.56. The quantitative estimate of drug-likeness (QED) is 0.911. The number of carboxylic acids is 1. The molecule has 6 heteroatoms. The van der Waals surface area contributed by atoms with Gasteiger partial charge >= 0.3 is 5.97 Å². The van der Waals surface area contributed by atoms with Gasteiger partial charge in [0.1, 0.15) is 5.82 Å². The van der Waals surface area contributed by atoms with Crippen molar-refractivity contribution >= 4 is 29.2 Å². The first-order valence-corrected chi connectivity index (χ1v) is 5.94. The van der Waals surface area contributed by atoms with Crippen molar-refractivity contribution in [2.24, 2.45) is 0 Å². The Kier molecular flexibility index (Phi) is 4.00. The Balaban J connectivity index is 2.23. The lowest BCUT2D eigenvalue weighted by Crippen LogP contribution is -2.13. The Labute approximate surface area is 118 Å². The lowest BCUT2D eigenvalue weighted by atomic mass is 10.1. The van der Waals surface area contributed by atoms with Crippen LogP contribution < -0.4 is 5.32 Å². The lowest BCUT2D eigenvalue weighted by Gasteiger charge is -2.06. The number of benzene rings is 2. The van der Waals surface area contributed by atoms with Crippen molar-refractivity contribution in [3.63, 3.8) is 0 Å². The number of carbonyl (C=O) groups excluding carboxylic acids is 1. The standard InChI is InChI=1S/C14H9ClFNO3/c15-10-5-11(16)7-12(6-10)17-13(18)8-2-1-3-9(4-8)14(19)20/h1-7H,(H,17,18)(H,19,20). The minimum atomic E-state index is -1.13. The molecule has 0 aliphatic rings. The topological polar surface area (TPSA) is 66.4 Å². The van der Waals surface area contributed by atoms with Crippen LogP contribution in [0.3, 0.4) is 0 Å². The van der Waals surface area contributed by atoms with E-state index < -0.39 is 17.7 Å². The Morgan fingerprint density at radius 1 is 1.10 bits per heavy atom. The molecule has 0 saturated heterocycles. The van der Waals surface area contributed by atoms with Crippen molar-refractivity contribution in [1.82, 2.24) is 0 Å². The predicted molar refractivity (Wildman–Crippen MR) is 72.8 cm³/mol. The van der Waals surface area contributed by atoms with Gasteiger partial charge in [0, 0.05) is 16.3 Å². The molecule has 2 N–H and O–H groups in total. The SMILES string of the molecule is O=C(O)c1cccc(C(=O)Nc2cc(F)cc(Cl)c2)c1. The average Bonchev–Trinajstić information content (AvgIpc) is 2.37. The third-order valence-electron chi connectivity index (χ3n) is 2.49. The van der Waals surface area contributed by atoms with Crippen LogP contribution in [0.4, 0.5) is 10.1 Å². The largest absolute Gasteiger partial charge is 0.478 e. The van der Waals surface area contributed by atoms with Gasteiger partial charge in [0.2, 0.25) is 0 Å². The fourth-order valence-corrected chi connectivity index (χ4v) is 1.84. The first-order chi connectivity index (χ1) is 9.45. The normalized spacial score (nSPS) is 10.1. The fourth-order valence-electron chi connectivity index (χ4n) is 1.62. The maximum atomic E-state index is 13.1. The summed E-state index contributed by atoms with van der Waals surface area (Å²) in [6.07, 6.45) is 0. The van der Waals surface area contributed by atoms with Gasteiger partial charge in [0.05, 0.1) is 5.56 Å². The van der Waals surface area contributed by atoms with Crippen molar-refractivity contribution in [3.8, 4) is 0 Å². The van der Waals surface area contributed by atoms with E-state index >= 15 is 0 Å². The van der Waals surface area contributed by atoms with Crippen molar-refractivity contribution in [2.45, 2.75) is 0 Å².